The minimum atomic E-state index is -1.33. The van der Waals surface area contributed by atoms with Crippen molar-refractivity contribution in [3.05, 3.63) is 21.8 Å². The van der Waals surface area contributed by atoms with Crippen LogP contribution < -0.4 is 11.1 Å². The Morgan fingerprint density at radius 2 is 2.09 bits per heavy atom. The van der Waals surface area contributed by atoms with Gasteiger partial charge in [-0.3, -0.25) is 14.5 Å². The number of amides is 2. The van der Waals surface area contributed by atoms with Crippen LogP contribution in [0.3, 0.4) is 0 Å². The first-order valence-corrected chi connectivity index (χ1v) is 11.3. The third-order valence-electron chi connectivity index (χ3n) is 4.87. The van der Waals surface area contributed by atoms with Gasteiger partial charge < -0.3 is 26.1 Å². The van der Waals surface area contributed by atoms with Crippen LogP contribution in [-0.4, -0.2) is 72.8 Å². The molecular weight excluding hydrogens is 462 g/mol. The van der Waals surface area contributed by atoms with Gasteiger partial charge in [0.2, 0.25) is 6.10 Å². The molecule has 1 fully saturated rings. The number of anilines is 1. The Bertz CT molecular complexity index is 1050. The number of nitrogens with two attached hydrogens (primary N) is 1. The lowest BCUT2D eigenvalue weighted by molar-refractivity contribution is -0.150. The molecule has 1 saturated heterocycles. The summed E-state index contributed by atoms with van der Waals surface area (Å²) in [6, 6.07) is -0.987. The first-order valence-electron chi connectivity index (χ1n) is 9.47. The SMILES string of the molecule is CCC1=C(C(=O)O)N2C(=O)C(NC(=O)/C(=N\O[C@@H](C)C(=O)O)c3nc(N)sc3C)C2SC1. The number of nitrogen functional groups attached to an aromatic ring is 1. The van der Waals surface area contributed by atoms with E-state index in [9.17, 15) is 24.3 Å². The van der Waals surface area contributed by atoms with Gasteiger partial charge in [-0.15, -0.1) is 23.1 Å². The number of oxime groups is 1. The van der Waals surface area contributed by atoms with Gasteiger partial charge in [0.05, 0.1) is 0 Å². The van der Waals surface area contributed by atoms with E-state index < -0.39 is 41.3 Å². The fraction of sp³-hybridized carbons (Fsp3) is 0.444. The van der Waals surface area contributed by atoms with Gasteiger partial charge >= 0.3 is 11.9 Å². The molecule has 3 atom stereocenters. The topological polar surface area (TPSA) is 185 Å². The molecule has 14 heteroatoms. The van der Waals surface area contributed by atoms with Crippen molar-refractivity contribution in [1.82, 2.24) is 15.2 Å². The summed E-state index contributed by atoms with van der Waals surface area (Å²) in [5, 5.41) is 24.3. The van der Waals surface area contributed by atoms with Gasteiger partial charge in [-0.1, -0.05) is 12.1 Å². The van der Waals surface area contributed by atoms with Crippen LogP contribution in [-0.2, 0) is 24.0 Å². The number of hydrogen-bond acceptors (Lipinski definition) is 10. The van der Waals surface area contributed by atoms with E-state index in [0.29, 0.717) is 22.6 Å². The molecule has 2 aliphatic rings. The normalized spacial score (nSPS) is 21.5. The molecule has 5 N–H and O–H groups in total. The van der Waals surface area contributed by atoms with Crippen molar-refractivity contribution in [3.63, 3.8) is 0 Å². The number of β-lactam (4-membered cyclic amide) rings is 1. The maximum atomic E-state index is 13.0. The second-order valence-electron chi connectivity index (χ2n) is 6.95. The van der Waals surface area contributed by atoms with Crippen molar-refractivity contribution in [1.29, 1.82) is 0 Å². The number of thiazole rings is 1. The van der Waals surface area contributed by atoms with Crippen LogP contribution in [0.1, 0.15) is 30.8 Å². The van der Waals surface area contributed by atoms with Gasteiger partial charge in [0.15, 0.2) is 10.8 Å². The van der Waals surface area contributed by atoms with E-state index in [4.69, 9.17) is 15.7 Å². The van der Waals surface area contributed by atoms with Crippen molar-refractivity contribution in [2.45, 2.75) is 44.7 Å². The summed E-state index contributed by atoms with van der Waals surface area (Å²) in [4.78, 5) is 59.1. The number of rotatable bonds is 8. The number of carbonyl (C=O) groups excluding carboxylic acids is 2. The van der Waals surface area contributed by atoms with Crippen LogP contribution >= 0.6 is 23.1 Å². The molecule has 2 amide bonds. The molecule has 1 aromatic heterocycles. The number of aliphatic carboxylic acids is 2. The molecule has 0 aromatic carbocycles. The van der Waals surface area contributed by atoms with Crippen LogP contribution in [0.5, 0.6) is 0 Å². The third-order valence-corrected chi connectivity index (χ3v) is 7.01. The predicted molar refractivity (Wildman–Crippen MR) is 116 cm³/mol. The highest BCUT2D eigenvalue weighted by atomic mass is 32.2. The van der Waals surface area contributed by atoms with E-state index in [-0.39, 0.29) is 22.2 Å². The molecule has 172 valence electrons. The van der Waals surface area contributed by atoms with E-state index >= 15 is 0 Å². The Labute approximate surface area is 190 Å². The molecule has 3 rings (SSSR count). The lowest BCUT2D eigenvalue weighted by Crippen LogP contribution is -2.71. The Morgan fingerprint density at radius 3 is 2.62 bits per heavy atom. The molecule has 0 spiro atoms. The number of aromatic nitrogens is 1. The molecule has 1 aromatic rings. The Hall–Kier alpha value is -3.13. The number of carboxylic acids is 2. The van der Waals surface area contributed by atoms with Gasteiger partial charge in [0.25, 0.3) is 11.8 Å². The van der Waals surface area contributed by atoms with Gasteiger partial charge in [-0.25, -0.2) is 14.6 Å². The molecule has 0 bridgehead atoms. The van der Waals surface area contributed by atoms with Crippen LogP contribution in [0.25, 0.3) is 0 Å². The zero-order valence-electron chi connectivity index (χ0n) is 17.3. The summed E-state index contributed by atoms with van der Waals surface area (Å²) >= 11 is 2.45. The number of nitrogens with one attached hydrogen (secondary N) is 1. The highest BCUT2D eigenvalue weighted by molar-refractivity contribution is 8.00. The minimum Gasteiger partial charge on any atom is -0.478 e. The average Bonchev–Trinajstić information content (AvgIpc) is 3.07. The zero-order valence-corrected chi connectivity index (χ0v) is 19.0. The fourth-order valence-corrected chi connectivity index (χ4v) is 5.31. The number of thioether (sulfide) groups is 1. The molecular formula is C18H21N5O7S2. The summed E-state index contributed by atoms with van der Waals surface area (Å²) in [7, 11) is 0. The Morgan fingerprint density at radius 1 is 1.41 bits per heavy atom. The van der Waals surface area contributed by atoms with Gasteiger partial charge in [-0.2, -0.15) is 0 Å². The van der Waals surface area contributed by atoms with Crippen LogP contribution in [0.2, 0.25) is 0 Å². The van der Waals surface area contributed by atoms with E-state index in [1.807, 2.05) is 6.92 Å². The Balaban J connectivity index is 1.85. The number of nitrogens with zero attached hydrogens (tertiary/aromatic N) is 3. The second kappa shape index (κ2) is 9.16. The van der Waals surface area contributed by atoms with Gasteiger partial charge in [-0.05, 0) is 25.8 Å². The average molecular weight is 484 g/mol. The standard InChI is InChI=1S/C18H21N5O7S2/c1-4-8-5-31-15-11(14(25)23(15)12(8)17(28)29)20-13(24)10(22-30-6(2)16(26)27)9-7(3)32-18(19)21-9/h6,11,15H,4-5H2,1-3H3,(H2,19,21)(H,20,24)(H,26,27)(H,28,29)/b22-10-/t6-,11?,15?/m0/s1. The van der Waals surface area contributed by atoms with E-state index in [1.165, 1.54) is 23.6 Å². The predicted octanol–water partition coefficient (Wildman–Crippen LogP) is 0.376. The molecule has 12 nitrogen and oxygen atoms in total. The number of hydrogen-bond donors (Lipinski definition) is 4. The molecule has 2 aliphatic heterocycles. The minimum absolute atomic E-state index is 0.0534. The fourth-order valence-electron chi connectivity index (χ4n) is 3.17. The van der Waals surface area contributed by atoms with E-state index in [2.05, 4.69) is 15.5 Å². The van der Waals surface area contributed by atoms with E-state index in [0.717, 1.165) is 11.3 Å². The molecule has 2 unspecified atom stereocenters. The lowest BCUT2D eigenvalue weighted by Gasteiger charge is -2.49. The highest BCUT2D eigenvalue weighted by Gasteiger charge is 2.54. The molecule has 32 heavy (non-hydrogen) atoms. The first-order chi connectivity index (χ1) is 15.1. The second-order valence-corrected chi connectivity index (χ2v) is 9.29. The zero-order chi connectivity index (χ0) is 23.7. The van der Waals surface area contributed by atoms with Gasteiger partial charge in [0.1, 0.15) is 22.8 Å². The quantitative estimate of drug-likeness (QED) is 0.229. The highest BCUT2D eigenvalue weighted by Crippen LogP contribution is 2.41. The summed E-state index contributed by atoms with van der Waals surface area (Å²) < 4.78 is 0. The largest absolute Gasteiger partial charge is 0.478 e. The van der Waals surface area contributed by atoms with Crippen LogP contribution in [0.15, 0.2) is 16.4 Å². The molecule has 0 radical (unpaired) electrons. The monoisotopic (exact) mass is 483 g/mol. The Kier molecular flexibility index (Phi) is 6.74. The first kappa shape index (κ1) is 23.5. The van der Waals surface area contributed by atoms with Crippen molar-refractivity contribution in [2.24, 2.45) is 5.16 Å². The summed E-state index contributed by atoms with van der Waals surface area (Å²) in [6.07, 6.45) is -0.845. The smallest absolute Gasteiger partial charge is 0.352 e. The third kappa shape index (κ3) is 4.27. The van der Waals surface area contributed by atoms with Crippen LogP contribution in [0.4, 0.5) is 5.13 Å². The maximum absolute atomic E-state index is 13.0. The van der Waals surface area contributed by atoms with Gasteiger partial charge in [0, 0.05) is 10.6 Å². The molecule has 0 aliphatic carbocycles. The van der Waals surface area contributed by atoms with Crippen molar-refractivity contribution in [2.75, 3.05) is 11.5 Å². The molecule has 3 heterocycles. The van der Waals surface area contributed by atoms with E-state index in [1.54, 1.807) is 6.92 Å². The summed E-state index contributed by atoms with van der Waals surface area (Å²) in [6.45, 7) is 4.70. The summed E-state index contributed by atoms with van der Waals surface area (Å²) in [5.41, 5.74) is 6.05. The van der Waals surface area contributed by atoms with Crippen LogP contribution in [0, 0.1) is 6.92 Å². The number of aryl methyl sites for hydroxylation is 1. The number of carbonyl (C=O) groups is 4. The lowest BCUT2D eigenvalue weighted by atomic mass is 10.0. The molecule has 0 saturated carbocycles. The number of fused-ring (bicyclic) bond motifs is 1. The van der Waals surface area contributed by atoms with Crippen molar-refractivity contribution < 1.29 is 34.2 Å². The van der Waals surface area contributed by atoms with Crippen molar-refractivity contribution >= 4 is 57.7 Å². The van der Waals surface area contributed by atoms with Crippen molar-refractivity contribution in [3.8, 4) is 0 Å². The summed E-state index contributed by atoms with van der Waals surface area (Å²) in [5.74, 6) is -3.45. The maximum Gasteiger partial charge on any atom is 0.352 e. The number of carboxylic acid groups (broad SMARTS) is 2.